The minimum absolute atomic E-state index is 0.0882. The highest BCUT2D eigenvalue weighted by Crippen LogP contribution is 2.32. The van der Waals surface area contributed by atoms with Crippen LogP contribution in [-0.2, 0) is 6.18 Å². The van der Waals surface area contributed by atoms with Crippen LogP contribution in [0.25, 0.3) is 11.3 Å². The number of rotatable bonds is 4. The number of nitro benzene ring substituents is 1. The zero-order chi connectivity index (χ0) is 19.6. The van der Waals surface area contributed by atoms with Crippen molar-refractivity contribution in [3.05, 3.63) is 82.1 Å². The van der Waals surface area contributed by atoms with E-state index < -0.39 is 22.6 Å². The van der Waals surface area contributed by atoms with E-state index in [1.54, 1.807) is 0 Å². The molecule has 1 aromatic heterocycles. The number of amides is 1. The van der Waals surface area contributed by atoms with Gasteiger partial charge in [-0.05, 0) is 30.3 Å². The third-order valence-electron chi connectivity index (χ3n) is 3.62. The average Bonchev–Trinajstić information content (AvgIpc) is 3.11. The molecule has 27 heavy (non-hydrogen) atoms. The van der Waals surface area contributed by atoms with E-state index in [0.29, 0.717) is 0 Å². The zero-order valence-corrected chi connectivity index (χ0v) is 13.5. The van der Waals surface area contributed by atoms with E-state index in [9.17, 15) is 28.1 Å². The smallest absolute Gasteiger partial charge is 0.416 e. The maximum atomic E-state index is 12.8. The van der Waals surface area contributed by atoms with Crippen LogP contribution in [0.1, 0.15) is 16.1 Å². The monoisotopic (exact) mass is 376 g/mol. The van der Waals surface area contributed by atoms with Gasteiger partial charge in [-0.25, -0.2) is 0 Å². The SMILES string of the molecule is O=C(Nc1cccc([N+](=O)[O-])c1)c1ccc(-c2cccc(C(F)(F)F)c2)o1. The Morgan fingerprint density at radius 2 is 1.78 bits per heavy atom. The topological polar surface area (TPSA) is 85.4 Å². The first-order valence-corrected chi connectivity index (χ1v) is 7.57. The summed E-state index contributed by atoms with van der Waals surface area (Å²) in [5, 5.41) is 13.2. The number of nitrogens with zero attached hydrogens (tertiary/aromatic N) is 1. The number of hydrogen-bond acceptors (Lipinski definition) is 4. The lowest BCUT2D eigenvalue weighted by atomic mass is 10.1. The second-order valence-corrected chi connectivity index (χ2v) is 5.50. The van der Waals surface area contributed by atoms with E-state index in [4.69, 9.17) is 4.42 Å². The maximum Gasteiger partial charge on any atom is 0.416 e. The molecule has 1 N–H and O–H groups in total. The molecule has 0 atom stereocenters. The highest BCUT2D eigenvalue weighted by Gasteiger charge is 2.30. The van der Waals surface area contributed by atoms with Gasteiger partial charge >= 0.3 is 6.18 Å². The summed E-state index contributed by atoms with van der Waals surface area (Å²) in [6, 6.07) is 12.5. The molecule has 3 aromatic rings. The Morgan fingerprint density at radius 3 is 2.48 bits per heavy atom. The summed E-state index contributed by atoms with van der Waals surface area (Å²) in [5.41, 5.74) is -0.679. The normalized spacial score (nSPS) is 11.2. The molecule has 0 aliphatic heterocycles. The minimum Gasteiger partial charge on any atom is -0.451 e. The van der Waals surface area contributed by atoms with E-state index in [1.165, 1.54) is 48.5 Å². The van der Waals surface area contributed by atoms with E-state index in [2.05, 4.69) is 5.32 Å². The second-order valence-electron chi connectivity index (χ2n) is 5.50. The molecular formula is C18H11F3N2O4. The van der Waals surface area contributed by atoms with Crippen molar-refractivity contribution in [2.45, 2.75) is 6.18 Å². The third kappa shape index (κ3) is 4.14. The van der Waals surface area contributed by atoms with Gasteiger partial charge in [-0.3, -0.25) is 14.9 Å². The Bertz CT molecular complexity index is 1010. The fraction of sp³-hybridized carbons (Fsp3) is 0.0556. The molecule has 2 aromatic carbocycles. The standard InChI is InChI=1S/C18H11F3N2O4/c19-18(20,21)12-4-1-3-11(9-12)15-7-8-16(27-15)17(24)22-13-5-2-6-14(10-13)23(25)26/h1-10H,(H,22,24). The van der Waals surface area contributed by atoms with Crippen molar-refractivity contribution in [3.63, 3.8) is 0 Å². The molecule has 1 amide bonds. The number of alkyl halides is 3. The summed E-state index contributed by atoms with van der Waals surface area (Å²) in [6.07, 6.45) is -4.50. The van der Waals surface area contributed by atoms with Crippen LogP contribution in [0.5, 0.6) is 0 Å². The predicted octanol–water partition coefficient (Wildman–Crippen LogP) is 5.13. The van der Waals surface area contributed by atoms with Crippen molar-refractivity contribution in [2.75, 3.05) is 5.32 Å². The highest BCUT2D eigenvalue weighted by atomic mass is 19.4. The van der Waals surface area contributed by atoms with Crippen LogP contribution in [0.4, 0.5) is 24.5 Å². The molecule has 0 unspecified atom stereocenters. The number of furan rings is 1. The van der Waals surface area contributed by atoms with Crippen LogP contribution in [0.15, 0.2) is 65.1 Å². The molecule has 0 fully saturated rings. The van der Waals surface area contributed by atoms with Gasteiger partial charge in [0, 0.05) is 23.4 Å². The Morgan fingerprint density at radius 1 is 1.04 bits per heavy atom. The Kier molecular flexibility index (Phi) is 4.68. The fourth-order valence-corrected chi connectivity index (χ4v) is 2.35. The molecular weight excluding hydrogens is 365 g/mol. The maximum absolute atomic E-state index is 12.8. The second kappa shape index (κ2) is 6.94. The summed E-state index contributed by atoms with van der Waals surface area (Å²) in [6.45, 7) is 0. The molecule has 0 saturated carbocycles. The number of nitrogens with one attached hydrogen (secondary N) is 1. The van der Waals surface area contributed by atoms with Crippen molar-refractivity contribution in [3.8, 4) is 11.3 Å². The number of halogens is 3. The number of non-ortho nitro benzene ring substituents is 1. The molecule has 0 radical (unpaired) electrons. The fourth-order valence-electron chi connectivity index (χ4n) is 2.35. The number of carbonyl (C=O) groups excluding carboxylic acids is 1. The van der Waals surface area contributed by atoms with Crippen LogP contribution >= 0.6 is 0 Å². The number of benzene rings is 2. The molecule has 0 bridgehead atoms. The molecule has 6 nitrogen and oxygen atoms in total. The van der Waals surface area contributed by atoms with Crippen LogP contribution < -0.4 is 5.32 Å². The van der Waals surface area contributed by atoms with Gasteiger partial charge in [0.15, 0.2) is 5.76 Å². The first-order valence-electron chi connectivity index (χ1n) is 7.57. The van der Waals surface area contributed by atoms with Crippen molar-refractivity contribution >= 4 is 17.3 Å². The lowest BCUT2D eigenvalue weighted by Gasteiger charge is -2.07. The molecule has 0 saturated heterocycles. The van der Waals surface area contributed by atoms with Crippen molar-refractivity contribution in [2.24, 2.45) is 0 Å². The average molecular weight is 376 g/mol. The van der Waals surface area contributed by atoms with Crippen molar-refractivity contribution in [1.82, 2.24) is 0 Å². The van der Waals surface area contributed by atoms with Gasteiger partial charge in [0.25, 0.3) is 11.6 Å². The first kappa shape index (κ1) is 18.2. The quantitative estimate of drug-likeness (QED) is 0.505. The number of hydrogen-bond donors (Lipinski definition) is 1. The van der Waals surface area contributed by atoms with Gasteiger partial charge in [0.1, 0.15) is 5.76 Å². The summed E-state index contributed by atoms with van der Waals surface area (Å²) in [5.74, 6) is -0.743. The van der Waals surface area contributed by atoms with Crippen LogP contribution in [0.2, 0.25) is 0 Å². The third-order valence-corrected chi connectivity index (χ3v) is 3.62. The van der Waals surface area contributed by atoms with Crippen LogP contribution in [0.3, 0.4) is 0 Å². The first-order chi connectivity index (χ1) is 12.7. The lowest BCUT2D eigenvalue weighted by molar-refractivity contribution is -0.384. The van der Waals surface area contributed by atoms with Crippen LogP contribution in [0, 0.1) is 10.1 Å². The van der Waals surface area contributed by atoms with Gasteiger partial charge in [0.05, 0.1) is 10.5 Å². The molecule has 0 aliphatic carbocycles. The largest absolute Gasteiger partial charge is 0.451 e. The Balaban J connectivity index is 1.81. The minimum atomic E-state index is -4.50. The van der Waals surface area contributed by atoms with Gasteiger partial charge in [-0.15, -0.1) is 0 Å². The van der Waals surface area contributed by atoms with Gasteiger partial charge in [-0.2, -0.15) is 13.2 Å². The zero-order valence-electron chi connectivity index (χ0n) is 13.5. The van der Waals surface area contributed by atoms with Gasteiger partial charge in [-0.1, -0.05) is 18.2 Å². The number of anilines is 1. The molecule has 138 valence electrons. The molecule has 9 heteroatoms. The Hall–Kier alpha value is -3.62. The number of nitro groups is 1. The summed E-state index contributed by atoms with van der Waals surface area (Å²) in [7, 11) is 0. The van der Waals surface area contributed by atoms with E-state index in [-0.39, 0.29) is 28.5 Å². The Labute approximate surface area is 150 Å². The molecule has 0 aliphatic rings. The van der Waals surface area contributed by atoms with Crippen molar-refractivity contribution in [1.29, 1.82) is 0 Å². The summed E-state index contributed by atoms with van der Waals surface area (Å²) >= 11 is 0. The van der Waals surface area contributed by atoms with Gasteiger partial charge in [0.2, 0.25) is 0 Å². The van der Waals surface area contributed by atoms with Gasteiger partial charge < -0.3 is 9.73 Å². The molecule has 0 spiro atoms. The lowest BCUT2D eigenvalue weighted by Crippen LogP contribution is -2.10. The summed E-state index contributed by atoms with van der Waals surface area (Å²) < 4.78 is 43.8. The summed E-state index contributed by atoms with van der Waals surface area (Å²) in [4.78, 5) is 22.4. The number of carbonyl (C=O) groups is 1. The molecule has 3 rings (SSSR count). The van der Waals surface area contributed by atoms with E-state index in [1.807, 2.05) is 0 Å². The van der Waals surface area contributed by atoms with E-state index >= 15 is 0 Å². The van der Waals surface area contributed by atoms with Crippen LogP contribution in [-0.4, -0.2) is 10.8 Å². The molecule has 1 heterocycles. The van der Waals surface area contributed by atoms with E-state index in [0.717, 1.165) is 12.1 Å². The predicted molar refractivity (Wildman–Crippen MR) is 90.2 cm³/mol. The van der Waals surface area contributed by atoms with Crippen molar-refractivity contribution < 1.29 is 27.3 Å². The highest BCUT2D eigenvalue weighted by molar-refractivity contribution is 6.02.